The quantitative estimate of drug-likeness (QED) is 0.348. The Morgan fingerprint density at radius 3 is 2.00 bits per heavy atom. The summed E-state index contributed by atoms with van der Waals surface area (Å²) in [7, 11) is -3.99. The van der Waals surface area contributed by atoms with Crippen molar-refractivity contribution in [2.24, 2.45) is 0 Å². The molecule has 7 nitrogen and oxygen atoms in total. The summed E-state index contributed by atoms with van der Waals surface area (Å²) in [6.07, 6.45) is 1.31. The lowest BCUT2D eigenvalue weighted by Crippen LogP contribution is -2.61. The number of carbonyl (C=O) groups is 2. The molecule has 0 radical (unpaired) electrons. The lowest BCUT2D eigenvalue weighted by molar-refractivity contribution is -0.151. The molecule has 0 aromatic heterocycles. The fourth-order valence-electron chi connectivity index (χ4n) is 6.20. The van der Waals surface area contributed by atoms with Crippen molar-refractivity contribution in [2.45, 2.75) is 35.7 Å². The van der Waals surface area contributed by atoms with E-state index in [9.17, 15) is 18.0 Å². The molecule has 8 heteroatoms. The van der Waals surface area contributed by atoms with Crippen molar-refractivity contribution in [1.29, 1.82) is 0 Å². The molecule has 2 amide bonds. The maximum Gasteiger partial charge on any atom is 0.249 e. The third kappa shape index (κ3) is 5.29. The predicted octanol–water partition coefficient (Wildman–Crippen LogP) is 4.52. The van der Waals surface area contributed by atoms with E-state index >= 15 is 0 Å². The van der Waals surface area contributed by atoms with Gasteiger partial charge in [-0.15, -0.1) is 0 Å². The summed E-state index contributed by atoms with van der Waals surface area (Å²) >= 11 is 0. The van der Waals surface area contributed by atoms with Gasteiger partial charge in [-0.05, 0) is 47.2 Å². The lowest BCUT2D eigenvalue weighted by Gasteiger charge is -2.39. The second-order valence-corrected chi connectivity index (χ2v) is 12.6. The molecule has 214 valence electrons. The highest BCUT2D eigenvalue weighted by Gasteiger charge is 2.46. The number of hydrogen-bond acceptors (Lipinski definition) is 5. The number of nitrogens with one attached hydrogen (secondary N) is 1. The normalized spacial score (nSPS) is 18.9. The largest absolute Gasteiger partial charge is 0.313 e. The molecule has 6 rings (SSSR count). The molecule has 0 bridgehead atoms. The minimum absolute atomic E-state index is 0.115. The van der Waals surface area contributed by atoms with Crippen LogP contribution in [0.2, 0.25) is 0 Å². The van der Waals surface area contributed by atoms with Gasteiger partial charge in [-0.1, -0.05) is 103 Å². The van der Waals surface area contributed by atoms with Crippen LogP contribution in [0, 0.1) is 0 Å². The topological polar surface area (TPSA) is 86.8 Å². The number of carbonyl (C=O) groups excluding carboxylic acids is 2. The average molecular weight is 580 g/mol. The van der Waals surface area contributed by atoms with Gasteiger partial charge in [0, 0.05) is 19.6 Å². The van der Waals surface area contributed by atoms with E-state index in [1.165, 1.54) is 21.3 Å². The van der Waals surface area contributed by atoms with E-state index in [1.807, 2.05) is 84.9 Å². The smallest absolute Gasteiger partial charge is 0.249 e. The molecule has 4 aromatic rings. The molecule has 1 saturated heterocycles. The number of amides is 2. The number of benzene rings is 4. The standard InChI is InChI=1S/C34H33N3O4S/c38-33(31-24-35-22-23-36(31)42(40,41)28-17-8-3-9-18-28)37(30-21-20-25-12-10-11-19-29(25)30)34(39)32(26-13-4-1-5-14-26)27-15-6-2-7-16-27/h1-19,30-32,35H,20-24H2. The highest BCUT2D eigenvalue weighted by atomic mass is 32.2. The number of nitrogens with zero attached hydrogens (tertiary/aromatic N) is 2. The SMILES string of the molecule is O=C(C(c1ccccc1)c1ccccc1)N(C(=O)C1CNCCN1S(=O)(=O)c1ccccc1)C1CCc2ccccc21. The molecule has 1 heterocycles. The Balaban J connectivity index is 1.46. The van der Waals surface area contributed by atoms with Crippen LogP contribution < -0.4 is 5.32 Å². The van der Waals surface area contributed by atoms with Crippen molar-refractivity contribution < 1.29 is 18.0 Å². The molecular weight excluding hydrogens is 546 g/mol. The first-order valence-electron chi connectivity index (χ1n) is 14.3. The molecule has 1 aliphatic heterocycles. The van der Waals surface area contributed by atoms with Crippen LogP contribution in [0.15, 0.2) is 120 Å². The number of hydrogen-bond donors (Lipinski definition) is 1. The van der Waals surface area contributed by atoms with Gasteiger partial charge in [0.25, 0.3) is 0 Å². The molecule has 1 fully saturated rings. The van der Waals surface area contributed by atoms with Crippen molar-refractivity contribution in [3.8, 4) is 0 Å². The second-order valence-electron chi connectivity index (χ2n) is 10.7. The fourth-order valence-corrected chi connectivity index (χ4v) is 7.80. The van der Waals surface area contributed by atoms with Crippen LogP contribution in [-0.4, -0.2) is 55.1 Å². The molecule has 1 aliphatic carbocycles. The van der Waals surface area contributed by atoms with Gasteiger partial charge in [-0.3, -0.25) is 14.5 Å². The van der Waals surface area contributed by atoms with Gasteiger partial charge < -0.3 is 5.32 Å². The minimum Gasteiger partial charge on any atom is -0.313 e. The van der Waals surface area contributed by atoms with Gasteiger partial charge in [0.15, 0.2) is 0 Å². The zero-order chi connectivity index (χ0) is 29.1. The summed E-state index contributed by atoms with van der Waals surface area (Å²) < 4.78 is 28.9. The van der Waals surface area contributed by atoms with Crippen LogP contribution in [0.1, 0.15) is 40.6 Å². The molecular formula is C34H33N3O4S. The molecule has 42 heavy (non-hydrogen) atoms. The molecule has 1 N–H and O–H groups in total. The van der Waals surface area contributed by atoms with E-state index in [-0.39, 0.29) is 23.9 Å². The van der Waals surface area contributed by atoms with E-state index in [1.54, 1.807) is 18.2 Å². The van der Waals surface area contributed by atoms with Crippen molar-refractivity contribution in [3.63, 3.8) is 0 Å². The second kappa shape index (κ2) is 12.0. The van der Waals surface area contributed by atoms with Gasteiger partial charge in [0.05, 0.1) is 16.9 Å². The maximum atomic E-state index is 14.9. The monoisotopic (exact) mass is 579 g/mol. The van der Waals surface area contributed by atoms with E-state index in [4.69, 9.17) is 0 Å². The number of piperazine rings is 1. The van der Waals surface area contributed by atoms with Crippen LogP contribution in [0.25, 0.3) is 0 Å². The number of sulfonamides is 1. The van der Waals surface area contributed by atoms with E-state index < -0.39 is 33.9 Å². The number of rotatable bonds is 7. The Bertz CT molecular complexity index is 1620. The Morgan fingerprint density at radius 2 is 1.36 bits per heavy atom. The van der Waals surface area contributed by atoms with Crippen LogP contribution >= 0.6 is 0 Å². The molecule has 2 atom stereocenters. The molecule has 0 saturated carbocycles. The summed E-state index contributed by atoms with van der Waals surface area (Å²) in [5.41, 5.74) is 3.57. The Hall–Kier alpha value is -4.11. The van der Waals surface area contributed by atoms with Gasteiger partial charge in [0.1, 0.15) is 6.04 Å². The van der Waals surface area contributed by atoms with Crippen molar-refractivity contribution >= 4 is 21.8 Å². The van der Waals surface area contributed by atoms with Crippen LogP contribution in [0.3, 0.4) is 0 Å². The first-order chi connectivity index (χ1) is 20.5. The lowest BCUT2D eigenvalue weighted by atomic mass is 9.89. The number of aryl methyl sites for hydroxylation is 1. The Morgan fingerprint density at radius 1 is 0.786 bits per heavy atom. The zero-order valence-corrected chi connectivity index (χ0v) is 24.0. The third-order valence-corrected chi connectivity index (χ3v) is 10.2. The van der Waals surface area contributed by atoms with Gasteiger partial charge >= 0.3 is 0 Å². The number of fused-ring (bicyclic) bond motifs is 1. The summed E-state index contributed by atoms with van der Waals surface area (Å²) in [6, 6.07) is 33.4. The van der Waals surface area contributed by atoms with E-state index in [0.717, 1.165) is 28.7 Å². The molecule has 2 unspecified atom stereocenters. The maximum absolute atomic E-state index is 14.9. The summed E-state index contributed by atoms with van der Waals surface area (Å²) in [4.78, 5) is 31.1. The average Bonchev–Trinajstić information content (AvgIpc) is 3.46. The summed E-state index contributed by atoms with van der Waals surface area (Å²) in [5.74, 6) is -1.60. The predicted molar refractivity (Wildman–Crippen MR) is 161 cm³/mol. The van der Waals surface area contributed by atoms with E-state index in [2.05, 4.69) is 5.32 Å². The van der Waals surface area contributed by atoms with Gasteiger partial charge in [-0.2, -0.15) is 4.31 Å². The number of imide groups is 1. The Labute approximate surface area is 246 Å². The van der Waals surface area contributed by atoms with Crippen molar-refractivity contribution in [3.05, 3.63) is 138 Å². The van der Waals surface area contributed by atoms with Crippen LogP contribution in [0.5, 0.6) is 0 Å². The highest BCUT2D eigenvalue weighted by molar-refractivity contribution is 7.89. The van der Waals surface area contributed by atoms with E-state index in [0.29, 0.717) is 13.0 Å². The fraction of sp³-hybridized carbons (Fsp3) is 0.235. The highest BCUT2D eigenvalue weighted by Crippen LogP contribution is 2.39. The van der Waals surface area contributed by atoms with Crippen LogP contribution in [-0.2, 0) is 26.0 Å². The molecule has 4 aromatic carbocycles. The first-order valence-corrected chi connectivity index (χ1v) is 15.7. The Kier molecular flexibility index (Phi) is 8.02. The molecule has 2 aliphatic rings. The van der Waals surface area contributed by atoms with Gasteiger partial charge in [0.2, 0.25) is 21.8 Å². The van der Waals surface area contributed by atoms with Gasteiger partial charge in [-0.25, -0.2) is 8.42 Å². The third-order valence-electron chi connectivity index (χ3n) is 8.23. The molecule has 0 spiro atoms. The zero-order valence-electron chi connectivity index (χ0n) is 23.2. The minimum atomic E-state index is -3.99. The van der Waals surface area contributed by atoms with Crippen molar-refractivity contribution in [2.75, 3.05) is 19.6 Å². The van der Waals surface area contributed by atoms with Crippen LogP contribution in [0.4, 0.5) is 0 Å². The first kappa shape index (κ1) is 28.0. The summed E-state index contributed by atoms with van der Waals surface area (Å²) in [6.45, 7) is 0.648. The summed E-state index contributed by atoms with van der Waals surface area (Å²) in [5, 5.41) is 3.20. The van der Waals surface area contributed by atoms with Crippen molar-refractivity contribution in [1.82, 2.24) is 14.5 Å².